The summed E-state index contributed by atoms with van der Waals surface area (Å²) < 4.78 is 71.2. The van der Waals surface area contributed by atoms with Crippen molar-refractivity contribution in [3.05, 3.63) is 107 Å². The molecule has 7 nitrogen and oxygen atoms in total. The molecular formula is C27H22FN3O4S2. The van der Waals surface area contributed by atoms with Crippen LogP contribution in [0.4, 0.5) is 15.8 Å². The van der Waals surface area contributed by atoms with Crippen molar-refractivity contribution in [1.29, 1.82) is 5.26 Å². The van der Waals surface area contributed by atoms with Gasteiger partial charge in [-0.1, -0.05) is 47.5 Å². The van der Waals surface area contributed by atoms with Crippen LogP contribution in [0, 0.1) is 31.0 Å². The second-order valence-corrected chi connectivity index (χ2v) is 11.8. The van der Waals surface area contributed by atoms with E-state index >= 15 is 0 Å². The smallest absolute Gasteiger partial charge is 0.261 e. The Hall–Kier alpha value is -4.20. The van der Waals surface area contributed by atoms with E-state index in [1.165, 1.54) is 48.5 Å². The highest BCUT2D eigenvalue weighted by Crippen LogP contribution is 2.33. The van der Waals surface area contributed by atoms with Crippen LogP contribution >= 0.6 is 0 Å². The van der Waals surface area contributed by atoms with Crippen LogP contribution in [0.2, 0.25) is 0 Å². The fourth-order valence-corrected chi connectivity index (χ4v) is 5.68. The van der Waals surface area contributed by atoms with E-state index < -0.39 is 25.9 Å². The number of aryl methyl sites for hydroxylation is 2. The molecule has 4 aromatic rings. The van der Waals surface area contributed by atoms with Crippen molar-refractivity contribution < 1.29 is 21.2 Å². The number of rotatable bonds is 7. The molecule has 10 heteroatoms. The van der Waals surface area contributed by atoms with Crippen molar-refractivity contribution in [2.24, 2.45) is 0 Å². The number of benzene rings is 4. The van der Waals surface area contributed by atoms with Gasteiger partial charge >= 0.3 is 0 Å². The minimum Gasteiger partial charge on any atom is -0.277 e. The minimum absolute atomic E-state index is 0.00622. The van der Waals surface area contributed by atoms with Crippen molar-refractivity contribution in [1.82, 2.24) is 0 Å². The van der Waals surface area contributed by atoms with Gasteiger partial charge in [0, 0.05) is 0 Å². The molecule has 0 bridgehead atoms. The van der Waals surface area contributed by atoms with Crippen LogP contribution in [0.1, 0.15) is 16.7 Å². The average molecular weight is 536 g/mol. The summed E-state index contributed by atoms with van der Waals surface area (Å²) >= 11 is 0. The first-order valence-electron chi connectivity index (χ1n) is 11.0. The molecule has 188 valence electrons. The van der Waals surface area contributed by atoms with Crippen LogP contribution in [0.5, 0.6) is 0 Å². The van der Waals surface area contributed by atoms with Crippen LogP contribution in [0.3, 0.4) is 0 Å². The number of hydrogen-bond donors (Lipinski definition) is 2. The first kappa shape index (κ1) is 25.9. The Kier molecular flexibility index (Phi) is 7.03. The zero-order chi connectivity index (χ0) is 26.8. The highest BCUT2D eigenvalue weighted by Gasteiger charge is 2.21. The predicted octanol–water partition coefficient (Wildman–Crippen LogP) is 5.58. The Labute approximate surface area is 215 Å². The van der Waals surface area contributed by atoms with Gasteiger partial charge < -0.3 is 0 Å². The summed E-state index contributed by atoms with van der Waals surface area (Å²) in [5.74, 6) is -0.686. The largest absolute Gasteiger partial charge is 0.277 e. The molecule has 0 saturated heterocycles. The van der Waals surface area contributed by atoms with Crippen LogP contribution in [-0.4, -0.2) is 16.8 Å². The van der Waals surface area contributed by atoms with Gasteiger partial charge in [-0.2, -0.15) is 5.26 Å². The summed E-state index contributed by atoms with van der Waals surface area (Å²) in [7, 11) is -8.14. The molecule has 37 heavy (non-hydrogen) atoms. The topological polar surface area (TPSA) is 116 Å². The van der Waals surface area contributed by atoms with Gasteiger partial charge in [0.15, 0.2) is 0 Å². The molecule has 0 atom stereocenters. The predicted molar refractivity (Wildman–Crippen MR) is 141 cm³/mol. The Morgan fingerprint density at radius 3 is 1.62 bits per heavy atom. The van der Waals surface area contributed by atoms with E-state index in [0.29, 0.717) is 11.1 Å². The number of nitrogens with zero attached hydrogens (tertiary/aromatic N) is 1. The van der Waals surface area contributed by atoms with Gasteiger partial charge in [-0.05, 0) is 73.5 Å². The maximum absolute atomic E-state index is 13.8. The number of sulfonamides is 2. The highest BCUT2D eigenvalue weighted by molar-refractivity contribution is 7.93. The quantitative estimate of drug-likeness (QED) is 0.320. The fraction of sp³-hybridized carbons (Fsp3) is 0.0741. The van der Waals surface area contributed by atoms with Crippen molar-refractivity contribution >= 4 is 31.4 Å². The summed E-state index contributed by atoms with van der Waals surface area (Å²) in [6.45, 7) is 3.65. The van der Waals surface area contributed by atoms with Crippen molar-refractivity contribution in [3.8, 4) is 17.2 Å². The van der Waals surface area contributed by atoms with E-state index in [9.17, 15) is 26.5 Å². The van der Waals surface area contributed by atoms with E-state index in [2.05, 4.69) is 9.44 Å². The van der Waals surface area contributed by atoms with Gasteiger partial charge in [0.25, 0.3) is 20.0 Å². The van der Waals surface area contributed by atoms with E-state index in [0.717, 1.165) is 17.2 Å². The van der Waals surface area contributed by atoms with Gasteiger partial charge in [-0.25, -0.2) is 21.2 Å². The van der Waals surface area contributed by atoms with E-state index in [-0.39, 0.29) is 26.7 Å². The number of hydrogen-bond acceptors (Lipinski definition) is 5. The maximum atomic E-state index is 13.8. The molecule has 4 rings (SSSR count). The summed E-state index contributed by atoms with van der Waals surface area (Å²) in [4.78, 5) is -0.00360. The summed E-state index contributed by atoms with van der Waals surface area (Å²) in [5.41, 5.74) is 2.41. The van der Waals surface area contributed by atoms with Gasteiger partial charge in [-0.3, -0.25) is 9.44 Å². The first-order chi connectivity index (χ1) is 17.5. The average Bonchev–Trinajstić information content (AvgIpc) is 2.85. The lowest BCUT2D eigenvalue weighted by atomic mass is 10.0. The second-order valence-electron chi connectivity index (χ2n) is 8.40. The zero-order valence-electron chi connectivity index (χ0n) is 19.9. The lowest BCUT2D eigenvalue weighted by Crippen LogP contribution is -2.17. The lowest BCUT2D eigenvalue weighted by molar-refractivity contribution is 0.599. The molecule has 0 amide bonds. The van der Waals surface area contributed by atoms with Crippen LogP contribution in [0.15, 0.2) is 94.7 Å². The molecule has 0 spiro atoms. The number of anilines is 2. The first-order valence-corrected chi connectivity index (χ1v) is 14.0. The standard InChI is InChI=1S/C27H22FN3O4S2/c1-18-3-9-23(10-4-18)36(32,33)30-26-14-8-21(20-7-13-25(28)22(15-20)17-29)16-27(26)31-37(34,35)24-11-5-19(2)6-12-24/h3-16,30-31H,1-2H3. The molecule has 0 heterocycles. The summed E-state index contributed by atoms with van der Waals surface area (Å²) in [6.07, 6.45) is 0. The molecule has 0 radical (unpaired) electrons. The van der Waals surface area contributed by atoms with Gasteiger partial charge in [0.1, 0.15) is 11.9 Å². The molecule has 0 unspecified atom stereocenters. The van der Waals surface area contributed by atoms with Crippen molar-refractivity contribution in [3.63, 3.8) is 0 Å². The van der Waals surface area contributed by atoms with Gasteiger partial charge in [0.05, 0.1) is 26.7 Å². The Morgan fingerprint density at radius 1 is 0.649 bits per heavy atom. The third-order valence-corrected chi connectivity index (χ3v) is 8.35. The number of nitriles is 1. The van der Waals surface area contributed by atoms with Gasteiger partial charge in [-0.15, -0.1) is 0 Å². The Bertz CT molecular complexity index is 1730. The fourth-order valence-electron chi connectivity index (χ4n) is 3.53. The Morgan fingerprint density at radius 2 is 1.11 bits per heavy atom. The van der Waals surface area contributed by atoms with E-state index in [1.54, 1.807) is 36.4 Å². The molecule has 0 aromatic heterocycles. The molecule has 2 N–H and O–H groups in total. The third kappa shape index (κ3) is 5.80. The number of nitrogens with one attached hydrogen (secondary N) is 2. The third-order valence-electron chi connectivity index (χ3n) is 5.59. The van der Waals surface area contributed by atoms with Crippen molar-refractivity contribution in [2.75, 3.05) is 9.44 Å². The lowest BCUT2D eigenvalue weighted by Gasteiger charge is -2.17. The van der Waals surface area contributed by atoms with E-state index in [4.69, 9.17) is 0 Å². The van der Waals surface area contributed by atoms with Crippen molar-refractivity contribution in [2.45, 2.75) is 23.6 Å². The second kappa shape index (κ2) is 10.0. The Balaban J connectivity index is 1.80. The van der Waals surface area contributed by atoms with Crippen LogP contribution in [0.25, 0.3) is 11.1 Å². The van der Waals surface area contributed by atoms with E-state index in [1.807, 2.05) is 13.8 Å². The summed E-state index contributed by atoms with van der Waals surface area (Å²) in [5, 5.41) is 9.18. The molecule has 0 aliphatic heterocycles. The molecule has 0 aliphatic rings. The minimum atomic E-state index is -4.09. The molecule has 0 aliphatic carbocycles. The monoisotopic (exact) mass is 535 g/mol. The summed E-state index contributed by atoms with van der Waals surface area (Å²) in [6, 6.07) is 22.4. The highest BCUT2D eigenvalue weighted by atomic mass is 32.2. The maximum Gasteiger partial charge on any atom is 0.261 e. The normalized spacial score (nSPS) is 11.5. The van der Waals surface area contributed by atoms with Crippen LogP contribution in [-0.2, 0) is 20.0 Å². The van der Waals surface area contributed by atoms with Crippen LogP contribution < -0.4 is 9.44 Å². The number of halogens is 1. The zero-order valence-corrected chi connectivity index (χ0v) is 21.5. The SMILES string of the molecule is Cc1ccc(S(=O)(=O)Nc2ccc(-c3ccc(F)c(C#N)c3)cc2NS(=O)(=O)c2ccc(C)cc2)cc1. The van der Waals surface area contributed by atoms with Gasteiger partial charge in [0.2, 0.25) is 0 Å². The molecular weight excluding hydrogens is 513 g/mol. The molecule has 0 saturated carbocycles. The molecule has 4 aromatic carbocycles. The molecule has 0 fully saturated rings.